The Kier molecular flexibility index (Phi) is 4.67. The molecule has 0 radical (unpaired) electrons. The topological polar surface area (TPSA) is 86.5 Å². The number of esters is 1. The Morgan fingerprint density at radius 3 is 2.60 bits per heavy atom. The average molecular weight is 318 g/mol. The summed E-state index contributed by atoms with van der Waals surface area (Å²) >= 11 is 5.75. The van der Waals surface area contributed by atoms with E-state index in [0.717, 1.165) is 18.9 Å². The minimum absolute atomic E-state index is 0.0140. The molecular weight excluding hydrogens is 302 g/mol. The number of ether oxygens (including phenoxy) is 1. The van der Waals surface area contributed by atoms with Crippen LogP contribution in [0.4, 0.5) is 0 Å². The number of primary sulfonamides is 1. The first-order valence-electron chi connectivity index (χ1n) is 6.37. The normalized spacial score (nSPS) is 16.3. The molecule has 1 aliphatic carbocycles. The quantitative estimate of drug-likeness (QED) is 0.863. The molecule has 2 N–H and O–H groups in total. The molecule has 0 aromatic heterocycles. The van der Waals surface area contributed by atoms with Gasteiger partial charge in [-0.3, -0.25) is 0 Å². The maximum atomic E-state index is 11.9. The van der Waals surface area contributed by atoms with Gasteiger partial charge >= 0.3 is 5.97 Å². The van der Waals surface area contributed by atoms with Crippen molar-refractivity contribution in [3.8, 4) is 0 Å². The summed E-state index contributed by atoms with van der Waals surface area (Å²) in [6.45, 7) is 0.367. The zero-order chi connectivity index (χ0) is 14.8. The third-order valence-corrected chi connectivity index (χ3v) is 4.79. The summed E-state index contributed by atoms with van der Waals surface area (Å²) in [5, 5.41) is 5.02. The highest BCUT2D eigenvalue weighted by Crippen LogP contribution is 2.26. The standard InChI is InChI=1S/C13H16ClNO4S/c14-11-6-5-10(7-12(11)20(15,17)18)13(16)19-8-9-3-1-2-4-9/h5-7,9H,1-4,8H2,(H2,15,17,18). The molecule has 1 fully saturated rings. The number of sulfonamides is 1. The number of hydrogen-bond donors (Lipinski definition) is 1. The second kappa shape index (κ2) is 6.11. The molecule has 0 heterocycles. The van der Waals surface area contributed by atoms with Gasteiger partial charge < -0.3 is 4.74 Å². The van der Waals surface area contributed by atoms with Crippen molar-refractivity contribution in [1.82, 2.24) is 0 Å². The Morgan fingerprint density at radius 1 is 1.35 bits per heavy atom. The highest BCUT2D eigenvalue weighted by Gasteiger charge is 2.20. The Labute approximate surface area is 123 Å². The SMILES string of the molecule is NS(=O)(=O)c1cc(C(=O)OCC2CCCC2)ccc1Cl. The van der Waals surface area contributed by atoms with Gasteiger partial charge in [0.25, 0.3) is 0 Å². The van der Waals surface area contributed by atoms with Crippen LogP contribution in [0.3, 0.4) is 0 Å². The van der Waals surface area contributed by atoms with Crippen LogP contribution in [0.15, 0.2) is 23.1 Å². The minimum atomic E-state index is -3.96. The first-order chi connectivity index (χ1) is 9.38. The van der Waals surface area contributed by atoms with Crippen molar-refractivity contribution < 1.29 is 17.9 Å². The molecule has 1 saturated carbocycles. The van der Waals surface area contributed by atoms with Gasteiger partial charge in [0.1, 0.15) is 4.90 Å². The van der Waals surface area contributed by atoms with Gasteiger partial charge in [0.15, 0.2) is 0 Å². The van der Waals surface area contributed by atoms with E-state index in [1.54, 1.807) is 0 Å². The molecule has 0 bridgehead atoms. The molecule has 2 rings (SSSR count). The molecule has 110 valence electrons. The van der Waals surface area contributed by atoms with Gasteiger partial charge in [0.2, 0.25) is 10.0 Å². The fourth-order valence-corrected chi connectivity index (χ4v) is 3.37. The summed E-state index contributed by atoms with van der Waals surface area (Å²) in [5.74, 6) is -0.151. The highest BCUT2D eigenvalue weighted by molar-refractivity contribution is 7.89. The van der Waals surface area contributed by atoms with Crippen LogP contribution in [-0.2, 0) is 14.8 Å². The van der Waals surface area contributed by atoms with Crippen LogP contribution in [0.5, 0.6) is 0 Å². The summed E-state index contributed by atoms with van der Waals surface area (Å²) in [6, 6.07) is 3.90. The highest BCUT2D eigenvalue weighted by atomic mass is 35.5. The van der Waals surface area contributed by atoms with Crippen LogP contribution in [0.1, 0.15) is 36.0 Å². The largest absolute Gasteiger partial charge is 0.462 e. The first kappa shape index (κ1) is 15.3. The molecule has 5 nitrogen and oxygen atoms in total. The van der Waals surface area contributed by atoms with E-state index < -0.39 is 16.0 Å². The summed E-state index contributed by atoms with van der Waals surface area (Å²) in [6.07, 6.45) is 4.46. The van der Waals surface area contributed by atoms with E-state index in [1.807, 2.05) is 0 Å². The molecule has 0 aliphatic heterocycles. The smallest absolute Gasteiger partial charge is 0.338 e. The van der Waals surface area contributed by atoms with Crippen molar-refractivity contribution in [2.75, 3.05) is 6.61 Å². The third-order valence-electron chi connectivity index (χ3n) is 3.40. The average Bonchev–Trinajstić information content (AvgIpc) is 2.88. The Balaban J connectivity index is 2.10. The van der Waals surface area contributed by atoms with Crippen LogP contribution in [0.25, 0.3) is 0 Å². The van der Waals surface area contributed by atoms with Gasteiger partial charge in [-0.2, -0.15) is 0 Å². The zero-order valence-corrected chi connectivity index (χ0v) is 12.4. The molecule has 0 amide bonds. The number of carbonyl (C=O) groups is 1. The van der Waals surface area contributed by atoms with Crippen molar-refractivity contribution in [2.24, 2.45) is 11.1 Å². The number of halogens is 1. The van der Waals surface area contributed by atoms with E-state index >= 15 is 0 Å². The summed E-state index contributed by atoms with van der Waals surface area (Å²) in [4.78, 5) is 11.6. The van der Waals surface area contributed by atoms with E-state index in [9.17, 15) is 13.2 Å². The molecule has 20 heavy (non-hydrogen) atoms. The molecule has 0 atom stereocenters. The molecule has 0 unspecified atom stereocenters. The van der Waals surface area contributed by atoms with Gasteiger partial charge in [-0.15, -0.1) is 0 Å². The van der Waals surface area contributed by atoms with Crippen molar-refractivity contribution in [1.29, 1.82) is 0 Å². The van der Waals surface area contributed by atoms with Crippen molar-refractivity contribution in [2.45, 2.75) is 30.6 Å². The fourth-order valence-electron chi connectivity index (χ4n) is 2.30. The van der Waals surface area contributed by atoms with Gasteiger partial charge in [-0.1, -0.05) is 24.4 Å². The third kappa shape index (κ3) is 3.71. The molecule has 1 aromatic rings. The van der Waals surface area contributed by atoms with Crippen LogP contribution < -0.4 is 5.14 Å². The molecule has 1 aromatic carbocycles. The second-order valence-electron chi connectivity index (χ2n) is 4.94. The van der Waals surface area contributed by atoms with Crippen LogP contribution in [0, 0.1) is 5.92 Å². The maximum absolute atomic E-state index is 11.9. The monoisotopic (exact) mass is 317 g/mol. The first-order valence-corrected chi connectivity index (χ1v) is 8.30. The molecule has 7 heteroatoms. The Morgan fingerprint density at radius 2 is 2.00 bits per heavy atom. The molecular formula is C13H16ClNO4S. The lowest BCUT2D eigenvalue weighted by molar-refractivity contribution is 0.0442. The number of carbonyl (C=O) groups excluding carboxylic acids is 1. The van der Waals surface area contributed by atoms with Gasteiger partial charge in [0, 0.05) is 0 Å². The van der Waals surface area contributed by atoms with Gasteiger partial charge in [-0.25, -0.2) is 18.4 Å². The van der Waals surface area contributed by atoms with Gasteiger partial charge in [0.05, 0.1) is 17.2 Å². The second-order valence-corrected chi connectivity index (χ2v) is 6.88. The van der Waals surface area contributed by atoms with Crippen LogP contribution >= 0.6 is 11.6 Å². The molecule has 0 spiro atoms. The fraction of sp³-hybridized carbons (Fsp3) is 0.462. The lowest BCUT2D eigenvalue weighted by Gasteiger charge is -2.10. The lowest BCUT2D eigenvalue weighted by atomic mass is 10.1. The minimum Gasteiger partial charge on any atom is -0.462 e. The van der Waals surface area contributed by atoms with Gasteiger partial charge in [-0.05, 0) is 37.0 Å². The Bertz CT molecular complexity index is 609. The summed E-state index contributed by atoms with van der Waals surface area (Å²) < 4.78 is 27.9. The number of nitrogens with two attached hydrogens (primary N) is 1. The maximum Gasteiger partial charge on any atom is 0.338 e. The predicted molar refractivity (Wildman–Crippen MR) is 75.1 cm³/mol. The number of hydrogen-bond acceptors (Lipinski definition) is 4. The number of rotatable bonds is 4. The predicted octanol–water partition coefficient (Wildman–Crippen LogP) is 2.33. The summed E-state index contributed by atoms with van der Waals surface area (Å²) in [7, 11) is -3.96. The lowest BCUT2D eigenvalue weighted by Crippen LogP contribution is -2.15. The molecule has 1 aliphatic rings. The van der Waals surface area contributed by atoms with E-state index in [1.165, 1.54) is 25.0 Å². The van der Waals surface area contributed by atoms with Crippen molar-refractivity contribution >= 4 is 27.6 Å². The Hall–Kier alpha value is -1.11. The van der Waals surface area contributed by atoms with Crippen molar-refractivity contribution in [3.05, 3.63) is 28.8 Å². The van der Waals surface area contributed by atoms with E-state index in [-0.39, 0.29) is 15.5 Å². The van der Waals surface area contributed by atoms with E-state index in [2.05, 4.69) is 0 Å². The summed E-state index contributed by atoms with van der Waals surface area (Å²) in [5.41, 5.74) is 0.136. The van der Waals surface area contributed by atoms with Crippen LogP contribution in [-0.4, -0.2) is 21.0 Å². The van der Waals surface area contributed by atoms with E-state index in [0.29, 0.717) is 12.5 Å². The zero-order valence-electron chi connectivity index (χ0n) is 10.8. The number of benzene rings is 1. The van der Waals surface area contributed by atoms with E-state index in [4.69, 9.17) is 21.5 Å². The van der Waals surface area contributed by atoms with Crippen LogP contribution in [0.2, 0.25) is 5.02 Å². The molecule has 0 saturated heterocycles. The van der Waals surface area contributed by atoms with Crippen molar-refractivity contribution in [3.63, 3.8) is 0 Å².